The first kappa shape index (κ1) is 20.8. The third-order valence-corrected chi connectivity index (χ3v) is 5.92. The van der Waals surface area contributed by atoms with Gasteiger partial charge in [0.05, 0.1) is 24.8 Å². The van der Waals surface area contributed by atoms with Crippen LogP contribution < -0.4 is 4.74 Å². The summed E-state index contributed by atoms with van der Waals surface area (Å²) in [5.41, 5.74) is 4.23. The lowest BCUT2D eigenvalue weighted by molar-refractivity contribution is 0.413. The highest BCUT2D eigenvalue weighted by Gasteiger charge is 2.27. The first-order chi connectivity index (χ1) is 16.2. The molecule has 3 heterocycles. The van der Waals surface area contributed by atoms with E-state index in [0.717, 1.165) is 53.5 Å². The van der Waals surface area contributed by atoms with Crippen LogP contribution in [0.1, 0.15) is 47.2 Å². The summed E-state index contributed by atoms with van der Waals surface area (Å²) in [5, 5.41) is 7.88. The highest BCUT2D eigenvalue weighted by Crippen LogP contribution is 2.37. The molecule has 0 N–H and O–H groups in total. The van der Waals surface area contributed by atoms with Crippen molar-refractivity contribution in [2.24, 2.45) is 5.18 Å². The molecule has 0 radical (unpaired) electrons. The third kappa shape index (κ3) is 4.07. The Labute approximate surface area is 191 Å². The summed E-state index contributed by atoms with van der Waals surface area (Å²) in [7, 11) is 1.66. The molecule has 4 aromatic rings. The van der Waals surface area contributed by atoms with Crippen LogP contribution >= 0.6 is 0 Å². The molecular formula is C25H24N6O2. The van der Waals surface area contributed by atoms with E-state index in [-0.39, 0.29) is 5.92 Å². The zero-order valence-electron chi connectivity index (χ0n) is 18.5. The van der Waals surface area contributed by atoms with Crippen LogP contribution in [0.2, 0.25) is 0 Å². The van der Waals surface area contributed by atoms with Crippen molar-refractivity contribution in [1.29, 1.82) is 0 Å². The topological polar surface area (TPSA) is 87.2 Å². The standard InChI is InChI=1S/C25H24N6O2/c1-17-15-30(16-26-17)22-11-9-18(14-23(22)33-2)10-12-24-27-25-20(7-5-13-31(25)28-24)19-6-3-4-8-21(19)29-32/h3-4,6,8-12,14-16,20H,5,7,13H2,1-2H3/b12-10+. The molecule has 0 aliphatic carbocycles. The highest BCUT2D eigenvalue weighted by atomic mass is 16.5. The van der Waals surface area contributed by atoms with Gasteiger partial charge in [-0.1, -0.05) is 30.3 Å². The van der Waals surface area contributed by atoms with Gasteiger partial charge in [-0.05, 0) is 60.3 Å². The highest BCUT2D eigenvalue weighted by molar-refractivity contribution is 5.69. The van der Waals surface area contributed by atoms with Gasteiger partial charge in [-0.3, -0.25) is 0 Å². The summed E-state index contributed by atoms with van der Waals surface area (Å²) in [6.07, 6.45) is 9.51. The molecule has 0 bridgehead atoms. The lowest BCUT2D eigenvalue weighted by Gasteiger charge is -2.22. The molecule has 0 spiro atoms. The average Bonchev–Trinajstić information content (AvgIpc) is 3.48. The molecule has 2 aromatic heterocycles. The lowest BCUT2D eigenvalue weighted by Crippen LogP contribution is -2.18. The maximum Gasteiger partial charge on any atom is 0.174 e. The fraction of sp³-hybridized carbons (Fsp3) is 0.240. The maximum absolute atomic E-state index is 11.3. The molecule has 8 nitrogen and oxygen atoms in total. The van der Waals surface area contributed by atoms with Crippen LogP contribution in [0.4, 0.5) is 5.69 Å². The van der Waals surface area contributed by atoms with E-state index in [4.69, 9.17) is 9.72 Å². The van der Waals surface area contributed by atoms with Crippen molar-refractivity contribution in [1.82, 2.24) is 24.3 Å². The molecule has 1 aliphatic rings. The molecule has 2 aromatic carbocycles. The van der Waals surface area contributed by atoms with Crippen LogP contribution in [0.25, 0.3) is 17.8 Å². The number of imidazole rings is 1. The molecule has 0 saturated heterocycles. The molecular weight excluding hydrogens is 416 g/mol. The quantitative estimate of drug-likeness (QED) is 0.381. The van der Waals surface area contributed by atoms with Gasteiger partial charge in [0.25, 0.3) is 0 Å². The number of aromatic nitrogens is 5. The van der Waals surface area contributed by atoms with Gasteiger partial charge >= 0.3 is 0 Å². The maximum atomic E-state index is 11.3. The first-order valence-corrected chi connectivity index (χ1v) is 10.9. The Morgan fingerprint density at radius 2 is 2.06 bits per heavy atom. The number of ether oxygens (including phenoxy) is 1. The molecule has 5 rings (SSSR count). The van der Waals surface area contributed by atoms with E-state index in [1.165, 1.54) is 0 Å². The van der Waals surface area contributed by atoms with Crippen molar-refractivity contribution >= 4 is 17.8 Å². The SMILES string of the molecule is COc1cc(/C=C/c2nc3n(n2)CCCC3c2ccccc2N=O)ccc1-n1cnc(C)c1. The Balaban J connectivity index is 1.42. The lowest BCUT2D eigenvalue weighted by atomic mass is 9.90. The predicted molar refractivity (Wildman–Crippen MR) is 127 cm³/mol. The van der Waals surface area contributed by atoms with Gasteiger partial charge in [-0.15, -0.1) is 4.91 Å². The number of nitrogens with zero attached hydrogens (tertiary/aromatic N) is 6. The van der Waals surface area contributed by atoms with E-state index in [0.29, 0.717) is 11.5 Å². The summed E-state index contributed by atoms with van der Waals surface area (Å²) in [6.45, 7) is 2.77. The predicted octanol–water partition coefficient (Wildman–Crippen LogP) is 5.27. The second-order valence-electron chi connectivity index (χ2n) is 8.08. The largest absolute Gasteiger partial charge is 0.495 e. The Kier molecular flexibility index (Phi) is 5.56. The second-order valence-corrected chi connectivity index (χ2v) is 8.08. The van der Waals surface area contributed by atoms with Crippen molar-refractivity contribution in [2.45, 2.75) is 32.2 Å². The van der Waals surface area contributed by atoms with Crippen LogP contribution in [-0.4, -0.2) is 31.4 Å². The van der Waals surface area contributed by atoms with E-state index in [1.807, 2.05) is 70.9 Å². The van der Waals surface area contributed by atoms with E-state index in [2.05, 4.69) is 15.3 Å². The number of aryl methyl sites for hydroxylation is 2. The second kappa shape index (κ2) is 8.82. The Hall–Kier alpha value is -4.07. The number of hydrogen-bond donors (Lipinski definition) is 0. The van der Waals surface area contributed by atoms with Crippen molar-refractivity contribution < 1.29 is 4.74 Å². The summed E-state index contributed by atoms with van der Waals surface area (Å²) < 4.78 is 9.49. The number of nitroso groups, excluding NO2 is 1. The monoisotopic (exact) mass is 440 g/mol. The van der Waals surface area contributed by atoms with Crippen LogP contribution in [-0.2, 0) is 6.54 Å². The van der Waals surface area contributed by atoms with Crippen molar-refractivity contribution in [3.8, 4) is 11.4 Å². The number of benzene rings is 2. The van der Waals surface area contributed by atoms with Gasteiger partial charge in [0.2, 0.25) is 0 Å². The normalized spacial score (nSPS) is 15.5. The van der Waals surface area contributed by atoms with Gasteiger partial charge < -0.3 is 9.30 Å². The number of rotatable bonds is 6. The molecule has 1 atom stereocenters. The minimum Gasteiger partial charge on any atom is -0.495 e. The third-order valence-electron chi connectivity index (χ3n) is 5.92. The van der Waals surface area contributed by atoms with E-state index >= 15 is 0 Å². The van der Waals surface area contributed by atoms with Gasteiger partial charge in [0.1, 0.15) is 17.3 Å². The zero-order valence-corrected chi connectivity index (χ0v) is 18.5. The summed E-state index contributed by atoms with van der Waals surface area (Å²) in [5.74, 6) is 2.28. The molecule has 0 fully saturated rings. The minimum absolute atomic E-state index is 0.0142. The molecule has 8 heteroatoms. The van der Waals surface area contributed by atoms with Crippen LogP contribution in [0.15, 0.2) is 60.2 Å². The molecule has 0 amide bonds. The van der Waals surface area contributed by atoms with Gasteiger partial charge in [-0.2, -0.15) is 5.10 Å². The van der Waals surface area contributed by atoms with E-state index in [9.17, 15) is 4.91 Å². The molecule has 166 valence electrons. The summed E-state index contributed by atoms with van der Waals surface area (Å²) in [4.78, 5) is 20.4. The van der Waals surface area contributed by atoms with Crippen LogP contribution in [0, 0.1) is 11.8 Å². The number of hydrogen-bond acceptors (Lipinski definition) is 6. The van der Waals surface area contributed by atoms with Crippen molar-refractivity contribution in [2.75, 3.05) is 7.11 Å². The average molecular weight is 441 g/mol. The number of fused-ring (bicyclic) bond motifs is 1. The van der Waals surface area contributed by atoms with E-state index < -0.39 is 0 Å². The fourth-order valence-corrected chi connectivity index (χ4v) is 4.33. The molecule has 1 aliphatic heterocycles. The van der Waals surface area contributed by atoms with Crippen molar-refractivity contribution in [3.63, 3.8) is 0 Å². The first-order valence-electron chi connectivity index (χ1n) is 10.9. The molecule has 1 unspecified atom stereocenters. The van der Waals surface area contributed by atoms with Gasteiger partial charge in [0.15, 0.2) is 5.82 Å². The Bertz CT molecular complexity index is 1340. The smallest absolute Gasteiger partial charge is 0.174 e. The van der Waals surface area contributed by atoms with Crippen LogP contribution in [0.3, 0.4) is 0 Å². The fourth-order valence-electron chi connectivity index (χ4n) is 4.33. The Morgan fingerprint density at radius 1 is 1.18 bits per heavy atom. The minimum atomic E-state index is 0.0142. The van der Waals surface area contributed by atoms with Crippen LogP contribution in [0.5, 0.6) is 5.75 Å². The zero-order chi connectivity index (χ0) is 22.8. The number of methoxy groups -OCH3 is 1. The molecule has 33 heavy (non-hydrogen) atoms. The Morgan fingerprint density at radius 3 is 2.85 bits per heavy atom. The summed E-state index contributed by atoms with van der Waals surface area (Å²) in [6, 6.07) is 13.5. The van der Waals surface area contributed by atoms with Gasteiger partial charge in [-0.25, -0.2) is 14.6 Å². The van der Waals surface area contributed by atoms with Gasteiger partial charge in [0, 0.05) is 18.7 Å². The molecule has 0 saturated carbocycles. The summed E-state index contributed by atoms with van der Waals surface area (Å²) >= 11 is 0. The van der Waals surface area contributed by atoms with E-state index in [1.54, 1.807) is 19.5 Å². The van der Waals surface area contributed by atoms with Crippen molar-refractivity contribution in [3.05, 3.63) is 88.4 Å².